The molecule has 0 fully saturated rings. The van der Waals surface area contributed by atoms with Gasteiger partial charge in [-0.25, -0.2) is 17.2 Å². The molecule has 26 heavy (non-hydrogen) atoms. The molecule has 0 spiro atoms. The van der Waals surface area contributed by atoms with Gasteiger partial charge in [-0.1, -0.05) is 0 Å². The first-order valence-corrected chi connectivity index (χ1v) is 10.8. The number of halogens is 2. The summed E-state index contributed by atoms with van der Waals surface area (Å²) in [6.07, 6.45) is 2.57. The highest BCUT2D eigenvalue weighted by Crippen LogP contribution is 2.30. The molecule has 0 aromatic heterocycles. The molecule has 0 saturated carbocycles. The number of hydrogen-bond acceptors (Lipinski definition) is 4. The first kappa shape index (κ1) is 18.8. The van der Waals surface area contributed by atoms with E-state index in [1.165, 1.54) is 16.6 Å². The van der Waals surface area contributed by atoms with Crippen molar-refractivity contribution in [2.24, 2.45) is 0 Å². The van der Waals surface area contributed by atoms with Gasteiger partial charge in [-0.2, -0.15) is 0 Å². The molecule has 0 N–H and O–H groups in total. The molecule has 0 bridgehead atoms. The summed E-state index contributed by atoms with van der Waals surface area (Å²) in [5.41, 5.74) is 1.92. The average molecular weight is 397 g/mol. The van der Waals surface area contributed by atoms with E-state index in [4.69, 9.17) is 0 Å². The Morgan fingerprint density at radius 3 is 2.62 bits per heavy atom. The normalized spacial score (nSPS) is 14.2. The molecule has 1 heterocycles. The van der Waals surface area contributed by atoms with E-state index in [-0.39, 0.29) is 11.5 Å². The predicted octanol–water partition coefficient (Wildman–Crippen LogP) is 3.65. The standard InChI is InChI=1S/C18H17F2NO3S2/c1-26(23,24)21-8-2-3-12-9-13(4-7-17(12)21)18(22)11-25-14-5-6-15(19)16(20)10-14/h4-7,9-10H,2-3,8,11H2,1H3. The van der Waals surface area contributed by atoms with Crippen LogP contribution in [0.1, 0.15) is 22.3 Å². The molecule has 138 valence electrons. The molecule has 2 aromatic rings. The van der Waals surface area contributed by atoms with Gasteiger partial charge in [-0.15, -0.1) is 11.8 Å². The fraction of sp³-hybridized carbons (Fsp3) is 0.278. The van der Waals surface area contributed by atoms with Crippen LogP contribution in [0, 0.1) is 11.6 Å². The number of sulfonamides is 1. The number of carbonyl (C=O) groups excluding carboxylic acids is 1. The summed E-state index contributed by atoms with van der Waals surface area (Å²) >= 11 is 1.13. The van der Waals surface area contributed by atoms with Crippen molar-refractivity contribution in [2.75, 3.05) is 22.9 Å². The van der Waals surface area contributed by atoms with Crippen LogP contribution in [0.5, 0.6) is 0 Å². The zero-order chi connectivity index (χ0) is 18.9. The second-order valence-electron chi connectivity index (χ2n) is 6.07. The maximum Gasteiger partial charge on any atom is 0.232 e. The smallest absolute Gasteiger partial charge is 0.232 e. The number of carbonyl (C=O) groups is 1. The van der Waals surface area contributed by atoms with Gasteiger partial charge in [0.1, 0.15) is 0 Å². The van der Waals surface area contributed by atoms with Gasteiger partial charge < -0.3 is 0 Å². The minimum Gasteiger partial charge on any atom is -0.293 e. The number of benzene rings is 2. The van der Waals surface area contributed by atoms with E-state index in [9.17, 15) is 22.0 Å². The van der Waals surface area contributed by atoms with Gasteiger partial charge in [-0.05, 0) is 54.8 Å². The summed E-state index contributed by atoms with van der Waals surface area (Å²) in [6, 6.07) is 8.50. The second-order valence-corrected chi connectivity index (χ2v) is 9.03. The number of Topliss-reactive ketones (excluding diaryl/α,β-unsaturated/α-hetero) is 1. The maximum absolute atomic E-state index is 13.2. The van der Waals surface area contributed by atoms with Crippen LogP contribution in [0.2, 0.25) is 0 Å². The second kappa shape index (κ2) is 7.36. The van der Waals surface area contributed by atoms with Crippen LogP contribution in [0.15, 0.2) is 41.3 Å². The Kier molecular flexibility index (Phi) is 5.34. The van der Waals surface area contributed by atoms with E-state index in [1.54, 1.807) is 18.2 Å². The first-order chi connectivity index (χ1) is 12.3. The van der Waals surface area contributed by atoms with Gasteiger partial charge in [0.2, 0.25) is 10.0 Å². The SMILES string of the molecule is CS(=O)(=O)N1CCCc2cc(C(=O)CSc3ccc(F)c(F)c3)ccc21. The monoisotopic (exact) mass is 397 g/mol. The first-order valence-electron chi connectivity index (χ1n) is 7.97. The Balaban J connectivity index is 1.75. The number of fused-ring (bicyclic) bond motifs is 1. The zero-order valence-electron chi connectivity index (χ0n) is 14.0. The Morgan fingerprint density at radius 2 is 1.92 bits per heavy atom. The lowest BCUT2D eigenvalue weighted by atomic mass is 9.99. The van der Waals surface area contributed by atoms with Gasteiger partial charge in [0, 0.05) is 17.0 Å². The van der Waals surface area contributed by atoms with Crippen molar-refractivity contribution in [2.45, 2.75) is 17.7 Å². The van der Waals surface area contributed by atoms with Gasteiger partial charge in [0.05, 0.1) is 17.7 Å². The molecule has 0 radical (unpaired) electrons. The van der Waals surface area contributed by atoms with E-state index in [0.717, 1.165) is 29.5 Å². The van der Waals surface area contributed by atoms with E-state index >= 15 is 0 Å². The van der Waals surface area contributed by atoms with E-state index < -0.39 is 21.7 Å². The summed E-state index contributed by atoms with van der Waals surface area (Å²) in [7, 11) is -3.35. The molecule has 2 aromatic carbocycles. The van der Waals surface area contributed by atoms with Crippen molar-refractivity contribution in [1.29, 1.82) is 0 Å². The molecule has 1 aliphatic rings. The molecule has 0 aliphatic carbocycles. The Bertz CT molecular complexity index is 961. The fourth-order valence-electron chi connectivity index (χ4n) is 2.88. The van der Waals surface area contributed by atoms with E-state index in [1.807, 2.05) is 0 Å². The van der Waals surface area contributed by atoms with Crippen LogP contribution < -0.4 is 4.31 Å². The highest BCUT2D eigenvalue weighted by Gasteiger charge is 2.24. The number of rotatable bonds is 5. The molecule has 0 atom stereocenters. The summed E-state index contributed by atoms with van der Waals surface area (Å²) in [5, 5.41) is 0. The van der Waals surface area contributed by atoms with Crippen LogP contribution in [0.4, 0.5) is 14.5 Å². The van der Waals surface area contributed by atoms with Crippen molar-refractivity contribution >= 4 is 33.3 Å². The zero-order valence-corrected chi connectivity index (χ0v) is 15.7. The molecular weight excluding hydrogens is 380 g/mol. The number of anilines is 1. The number of hydrogen-bond donors (Lipinski definition) is 0. The van der Waals surface area contributed by atoms with Crippen LogP contribution in [-0.2, 0) is 16.4 Å². The Morgan fingerprint density at radius 1 is 1.15 bits per heavy atom. The molecule has 3 rings (SSSR count). The third kappa shape index (κ3) is 4.07. The minimum atomic E-state index is -3.35. The van der Waals surface area contributed by atoms with Gasteiger partial charge >= 0.3 is 0 Å². The maximum atomic E-state index is 13.2. The molecule has 8 heteroatoms. The molecule has 1 aliphatic heterocycles. The van der Waals surface area contributed by atoms with E-state index in [2.05, 4.69) is 0 Å². The van der Waals surface area contributed by atoms with Crippen molar-refractivity contribution in [3.63, 3.8) is 0 Å². The third-order valence-corrected chi connectivity index (χ3v) is 6.31. The van der Waals surface area contributed by atoms with Crippen molar-refractivity contribution in [1.82, 2.24) is 0 Å². The van der Waals surface area contributed by atoms with Gasteiger partial charge in [0.25, 0.3) is 0 Å². The largest absolute Gasteiger partial charge is 0.293 e. The van der Waals surface area contributed by atoms with Crippen LogP contribution in [-0.4, -0.2) is 32.8 Å². The quantitative estimate of drug-likeness (QED) is 0.571. The third-order valence-electron chi connectivity index (χ3n) is 4.14. The van der Waals surface area contributed by atoms with Gasteiger partial charge in [-0.3, -0.25) is 9.10 Å². The summed E-state index contributed by atoms with van der Waals surface area (Å²) in [5.74, 6) is -1.94. The van der Waals surface area contributed by atoms with Crippen molar-refractivity contribution in [3.8, 4) is 0 Å². The van der Waals surface area contributed by atoms with Crippen LogP contribution in [0.25, 0.3) is 0 Å². The topological polar surface area (TPSA) is 54.5 Å². The number of thioether (sulfide) groups is 1. The van der Waals surface area contributed by atoms with E-state index in [0.29, 0.717) is 35.5 Å². The number of ketones is 1. The van der Waals surface area contributed by atoms with Gasteiger partial charge in [0.15, 0.2) is 17.4 Å². The summed E-state index contributed by atoms with van der Waals surface area (Å²) < 4.78 is 51.3. The molecule has 0 amide bonds. The molecule has 0 saturated heterocycles. The molecule has 4 nitrogen and oxygen atoms in total. The highest BCUT2D eigenvalue weighted by molar-refractivity contribution is 8.00. The van der Waals surface area contributed by atoms with Crippen LogP contribution in [0.3, 0.4) is 0 Å². The highest BCUT2D eigenvalue weighted by atomic mass is 32.2. The lowest BCUT2D eigenvalue weighted by molar-refractivity contribution is 0.102. The lowest BCUT2D eigenvalue weighted by Gasteiger charge is -2.29. The van der Waals surface area contributed by atoms with Crippen molar-refractivity contribution in [3.05, 3.63) is 59.2 Å². The van der Waals surface area contributed by atoms with Crippen LogP contribution >= 0.6 is 11.8 Å². The predicted molar refractivity (Wildman–Crippen MR) is 98.4 cm³/mol. The molecule has 0 unspecified atom stereocenters. The van der Waals surface area contributed by atoms with Crippen molar-refractivity contribution < 1.29 is 22.0 Å². The summed E-state index contributed by atoms with van der Waals surface area (Å²) in [4.78, 5) is 12.9. The summed E-state index contributed by atoms with van der Waals surface area (Å²) in [6.45, 7) is 0.436. The average Bonchev–Trinajstić information content (AvgIpc) is 2.60. The number of aryl methyl sites for hydroxylation is 1. The minimum absolute atomic E-state index is 0.0830. The Hall–Kier alpha value is -1.93. The Labute approximate surface area is 155 Å². The molecular formula is C18H17F2NO3S2. The fourth-order valence-corrected chi connectivity index (χ4v) is 4.69. The number of nitrogens with zero attached hydrogens (tertiary/aromatic N) is 1. The lowest BCUT2D eigenvalue weighted by Crippen LogP contribution is -2.34.